The van der Waals surface area contributed by atoms with E-state index in [9.17, 15) is 9.59 Å². The van der Waals surface area contributed by atoms with Crippen molar-refractivity contribution >= 4 is 39.6 Å². The highest BCUT2D eigenvalue weighted by atomic mass is 35.5. The lowest BCUT2D eigenvalue weighted by molar-refractivity contribution is 0.0525. The smallest absolute Gasteiger partial charge is 0.344 e. The molecular weight excluding hydrogens is 354 g/mol. The molecule has 0 saturated carbocycles. The van der Waals surface area contributed by atoms with Crippen LogP contribution in [0.15, 0.2) is 57.7 Å². The normalized spacial score (nSPS) is 11.2. The van der Waals surface area contributed by atoms with Crippen LogP contribution in [0.25, 0.3) is 33.2 Å². The fourth-order valence-corrected chi connectivity index (χ4v) is 3.30. The molecule has 0 bridgehead atoms. The molecule has 6 heteroatoms. The van der Waals surface area contributed by atoms with E-state index in [1.54, 1.807) is 37.3 Å². The Morgan fingerprint density at radius 3 is 2.65 bits per heavy atom. The lowest BCUT2D eigenvalue weighted by Crippen LogP contribution is -2.21. The summed E-state index contributed by atoms with van der Waals surface area (Å²) >= 11 is 6.36. The Morgan fingerprint density at radius 2 is 1.88 bits per heavy atom. The Hall–Kier alpha value is -3.05. The van der Waals surface area contributed by atoms with Gasteiger partial charge >= 0.3 is 5.97 Å². The van der Waals surface area contributed by atoms with Gasteiger partial charge in [-0.25, -0.2) is 4.79 Å². The maximum atomic E-state index is 12.8. The van der Waals surface area contributed by atoms with Crippen molar-refractivity contribution in [1.29, 1.82) is 0 Å². The van der Waals surface area contributed by atoms with Gasteiger partial charge in [-0.3, -0.25) is 4.79 Å². The molecule has 0 aliphatic rings. The maximum Gasteiger partial charge on any atom is 0.344 e. The zero-order valence-electron chi connectivity index (χ0n) is 13.8. The van der Waals surface area contributed by atoms with Gasteiger partial charge < -0.3 is 14.1 Å². The summed E-state index contributed by atoms with van der Waals surface area (Å²) in [6.07, 6.45) is 0. The summed E-state index contributed by atoms with van der Waals surface area (Å²) in [5.74, 6) is -0.717. The van der Waals surface area contributed by atoms with E-state index in [2.05, 4.69) is 4.98 Å². The van der Waals surface area contributed by atoms with E-state index >= 15 is 0 Å². The molecule has 130 valence electrons. The Kier molecular flexibility index (Phi) is 4.01. The summed E-state index contributed by atoms with van der Waals surface area (Å²) < 4.78 is 11.1. The fourth-order valence-electron chi connectivity index (χ4n) is 3.07. The third-order valence-corrected chi connectivity index (χ3v) is 4.49. The third-order valence-electron chi connectivity index (χ3n) is 4.16. The summed E-state index contributed by atoms with van der Waals surface area (Å²) in [6.45, 7) is 1.83. The molecule has 0 aliphatic heterocycles. The van der Waals surface area contributed by atoms with Crippen LogP contribution in [0.1, 0.15) is 17.3 Å². The number of hydrogen-bond acceptors (Lipinski definition) is 4. The van der Waals surface area contributed by atoms with Gasteiger partial charge in [0.1, 0.15) is 11.1 Å². The van der Waals surface area contributed by atoms with E-state index < -0.39 is 11.5 Å². The molecule has 2 heterocycles. The van der Waals surface area contributed by atoms with Gasteiger partial charge in [0.2, 0.25) is 0 Å². The van der Waals surface area contributed by atoms with E-state index in [-0.39, 0.29) is 12.2 Å². The number of furan rings is 1. The molecule has 2 aromatic heterocycles. The summed E-state index contributed by atoms with van der Waals surface area (Å²) in [6, 6.07) is 14.3. The maximum absolute atomic E-state index is 12.8. The van der Waals surface area contributed by atoms with Crippen LogP contribution in [0, 0.1) is 0 Å². The van der Waals surface area contributed by atoms with Crippen molar-refractivity contribution in [2.24, 2.45) is 0 Å². The molecule has 0 saturated heterocycles. The van der Waals surface area contributed by atoms with E-state index in [4.69, 9.17) is 20.8 Å². The third kappa shape index (κ3) is 2.48. The van der Waals surface area contributed by atoms with Gasteiger partial charge in [-0.15, -0.1) is 0 Å². The molecular formula is C20H14ClNO4. The first-order valence-corrected chi connectivity index (χ1v) is 8.49. The number of esters is 1. The summed E-state index contributed by atoms with van der Waals surface area (Å²) in [5, 5.41) is 1.16. The van der Waals surface area contributed by atoms with Crippen molar-refractivity contribution in [3.63, 3.8) is 0 Å². The van der Waals surface area contributed by atoms with Gasteiger partial charge in [-0.1, -0.05) is 41.9 Å². The van der Waals surface area contributed by atoms with E-state index in [0.29, 0.717) is 32.8 Å². The van der Waals surface area contributed by atoms with E-state index in [1.807, 2.05) is 18.2 Å². The highest BCUT2D eigenvalue weighted by Crippen LogP contribution is 2.38. The van der Waals surface area contributed by atoms with Gasteiger partial charge in [0.25, 0.3) is 5.56 Å². The number of ether oxygens (including phenoxy) is 1. The second-order valence-corrected chi connectivity index (χ2v) is 6.11. The standard InChI is InChI=1S/C20H14ClNO4/c1-2-25-20(24)16-15(11-7-3-5-9-13(11)21)18-17(22-19(16)23)12-8-4-6-10-14(12)26-18/h3-10H,2H2,1H3,(H,22,23). The van der Waals surface area contributed by atoms with Crippen LogP contribution in [0.2, 0.25) is 5.02 Å². The molecule has 0 spiro atoms. The molecule has 0 unspecified atom stereocenters. The Balaban J connectivity index is 2.20. The molecule has 4 rings (SSSR count). The molecule has 0 aliphatic carbocycles. The summed E-state index contributed by atoms with van der Waals surface area (Å²) in [4.78, 5) is 28.0. The highest BCUT2D eigenvalue weighted by Gasteiger charge is 2.26. The number of rotatable bonds is 3. The number of H-pyrrole nitrogens is 1. The van der Waals surface area contributed by atoms with E-state index in [0.717, 1.165) is 5.39 Å². The van der Waals surface area contributed by atoms with E-state index in [1.165, 1.54) is 0 Å². The van der Waals surface area contributed by atoms with Crippen molar-refractivity contribution in [1.82, 2.24) is 4.98 Å². The number of aromatic nitrogens is 1. The predicted molar refractivity (Wildman–Crippen MR) is 101 cm³/mol. The number of carbonyl (C=O) groups excluding carboxylic acids is 1. The average Bonchev–Trinajstić information content (AvgIpc) is 3.00. The van der Waals surface area contributed by atoms with Crippen LogP contribution in [0.5, 0.6) is 0 Å². The number of hydrogen-bond donors (Lipinski definition) is 1. The zero-order chi connectivity index (χ0) is 18.3. The van der Waals surface area contributed by atoms with Gasteiger partial charge in [0.05, 0.1) is 12.1 Å². The Labute approximate surface area is 153 Å². The minimum absolute atomic E-state index is 0.119. The van der Waals surface area contributed by atoms with Crippen molar-refractivity contribution in [3.8, 4) is 11.1 Å². The second kappa shape index (κ2) is 6.35. The van der Waals surface area contributed by atoms with Crippen LogP contribution >= 0.6 is 11.6 Å². The van der Waals surface area contributed by atoms with Crippen molar-refractivity contribution in [2.75, 3.05) is 6.61 Å². The molecule has 0 fully saturated rings. The number of carbonyl (C=O) groups is 1. The number of fused-ring (bicyclic) bond motifs is 3. The average molecular weight is 368 g/mol. The first-order chi connectivity index (χ1) is 12.6. The topological polar surface area (TPSA) is 72.3 Å². The van der Waals surface area contributed by atoms with Gasteiger partial charge in [0.15, 0.2) is 5.58 Å². The molecule has 5 nitrogen and oxygen atoms in total. The first-order valence-electron chi connectivity index (χ1n) is 8.11. The highest BCUT2D eigenvalue weighted by molar-refractivity contribution is 6.34. The van der Waals surface area contributed by atoms with Crippen LogP contribution in [0.4, 0.5) is 0 Å². The summed E-state index contributed by atoms with van der Waals surface area (Å²) in [5.41, 5.74) is 1.73. The lowest BCUT2D eigenvalue weighted by atomic mass is 9.99. The number of benzene rings is 2. The zero-order valence-corrected chi connectivity index (χ0v) is 14.6. The second-order valence-electron chi connectivity index (χ2n) is 5.71. The van der Waals surface area contributed by atoms with Crippen molar-refractivity contribution in [2.45, 2.75) is 6.92 Å². The minimum Gasteiger partial charge on any atom is -0.462 e. The molecule has 0 amide bonds. The Morgan fingerprint density at radius 1 is 1.15 bits per heavy atom. The number of pyridine rings is 1. The fraction of sp³-hybridized carbons (Fsp3) is 0.100. The van der Waals surface area contributed by atoms with Gasteiger partial charge in [-0.2, -0.15) is 0 Å². The van der Waals surface area contributed by atoms with Crippen molar-refractivity contribution < 1.29 is 13.9 Å². The SMILES string of the molecule is CCOC(=O)c1c(-c2ccccc2Cl)c2oc3ccccc3c2[nH]c1=O. The number of nitrogens with one attached hydrogen (secondary N) is 1. The molecule has 4 aromatic rings. The number of para-hydroxylation sites is 1. The largest absolute Gasteiger partial charge is 0.462 e. The van der Waals surface area contributed by atoms with Crippen LogP contribution < -0.4 is 5.56 Å². The summed E-state index contributed by atoms with van der Waals surface area (Å²) in [7, 11) is 0. The lowest BCUT2D eigenvalue weighted by Gasteiger charge is -2.10. The van der Waals surface area contributed by atoms with Crippen LogP contribution in [-0.4, -0.2) is 17.6 Å². The van der Waals surface area contributed by atoms with Crippen molar-refractivity contribution in [3.05, 3.63) is 69.5 Å². The molecule has 2 aromatic carbocycles. The number of halogens is 1. The quantitative estimate of drug-likeness (QED) is 0.529. The predicted octanol–water partition coefficient (Wildman–Crippen LogP) is 4.77. The Bertz CT molecular complexity index is 1210. The number of aromatic amines is 1. The molecule has 0 atom stereocenters. The van der Waals surface area contributed by atoms with Crippen LogP contribution in [-0.2, 0) is 4.74 Å². The minimum atomic E-state index is -0.717. The first kappa shape index (κ1) is 16.4. The molecule has 0 radical (unpaired) electrons. The van der Waals surface area contributed by atoms with Gasteiger partial charge in [0, 0.05) is 21.5 Å². The molecule has 1 N–H and O–H groups in total. The van der Waals surface area contributed by atoms with Crippen LogP contribution in [0.3, 0.4) is 0 Å². The van der Waals surface area contributed by atoms with Gasteiger partial charge in [-0.05, 0) is 25.1 Å². The molecule has 26 heavy (non-hydrogen) atoms. The monoisotopic (exact) mass is 367 g/mol.